The van der Waals surface area contributed by atoms with Crippen molar-refractivity contribution in [2.24, 2.45) is 18.9 Å². The maximum Gasteiger partial charge on any atom is 0.223 e. The summed E-state index contributed by atoms with van der Waals surface area (Å²) in [6.45, 7) is 0.821. The number of hydrogen-bond donors (Lipinski definition) is 1. The second-order valence-corrected chi connectivity index (χ2v) is 7.34. The first kappa shape index (κ1) is 15.4. The molecule has 0 unspecified atom stereocenters. The van der Waals surface area contributed by atoms with Gasteiger partial charge in [0.05, 0.1) is 6.33 Å². The molecule has 24 heavy (non-hydrogen) atoms. The molecule has 0 bridgehead atoms. The Hall–Kier alpha value is -2.10. The zero-order chi connectivity index (χ0) is 16.5. The molecule has 4 heteroatoms. The molecule has 2 atom stereocenters. The van der Waals surface area contributed by atoms with Gasteiger partial charge < -0.3 is 9.88 Å². The quantitative estimate of drug-likeness (QED) is 0.880. The van der Waals surface area contributed by atoms with E-state index < -0.39 is 0 Å². The van der Waals surface area contributed by atoms with Gasteiger partial charge in [-0.2, -0.15) is 0 Å². The van der Waals surface area contributed by atoms with Crippen molar-refractivity contribution in [1.29, 1.82) is 0 Å². The zero-order valence-corrected chi connectivity index (χ0v) is 14.2. The number of benzene rings is 1. The van der Waals surface area contributed by atoms with Crippen LogP contribution in [0.4, 0.5) is 0 Å². The van der Waals surface area contributed by atoms with E-state index in [-0.39, 0.29) is 11.8 Å². The van der Waals surface area contributed by atoms with Crippen molar-refractivity contribution in [1.82, 2.24) is 14.9 Å². The number of nitrogens with one attached hydrogen (secondary N) is 1. The van der Waals surface area contributed by atoms with Crippen LogP contribution < -0.4 is 5.32 Å². The fraction of sp³-hybridized carbons (Fsp3) is 0.500. The topological polar surface area (TPSA) is 46.9 Å². The second kappa shape index (κ2) is 6.42. The Morgan fingerprint density at radius 3 is 2.58 bits per heavy atom. The molecular formula is C20H25N3O. The first-order valence-corrected chi connectivity index (χ1v) is 9.03. The molecule has 2 aliphatic rings. The Labute approximate surface area is 143 Å². The lowest BCUT2D eigenvalue weighted by Crippen LogP contribution is -2.31. The summed E-state index contributed by atoms with van der Waals surface area (Å²) in [4.78, 5) is 16.6. The van der Waals surface area contributed by atoms with Gasteiger partial charge in [-0.05, 0) is 49.1 Å². The molecular weight excluding hydrogens is 298 g/mol. The number of imidazole rings is 1. The molecule has 1 aromatic carbocycles. The number of nitrogens with zero attached hydrogens (tertiary/aromatic N) is 2. The minimum atomic E-state index is 0.142. The van der Waals surface area contributed by atoms with Crippen molar-refractivity contribution >= 4 is 5.91 Å². The fourth-order valence-electron chi connectivity index (χ4n) is 4.03. The van der Waals surface area contributed by atoms with Crippen molar-refractivity contribution in [2.45, 2.75) is 38.0 Å². The van der Waals surface area contributed by atoms with Gasteiger partial charge >= 0.3 is 0 Å². The van der Waals surface area contributed by atoms with E-state index in [0.29, 0.717) is 11.8 Å². The van der Waals surface area contributed by atoms with E-state index in [9.17, 15) is 4.79 Å². The highest BCUT2D eigenvalue weighted by Crippen LogP contribution is 2.47. The normalized spacial score (nSPS) is 23.4. The van der Waals surface area contributed by atoms with E-state index in [0.717, 1.165) is 25.8 Å². The molecule has 0 aliphatic heterocycles. The van der Waals surface area contributed by atoms with E-state index in [1.54, 1.807) is 0 Å². The van der Waals surface area contributed by atoms with Crippen LogP contribution in [0.2, 0.25) is 0 Å². The van der Waals surface area contributed by atoms with Crippen LogP contribution >= 0.6 is 0 Å². The molecule has 2 aliphatic carbocycles. The Kier molecular flexibility index (Phi) is 4.13. The minimum absolute atomic E-state index is 0.142. The molecule has 1 amide bonds. The number of carbonyl (C=O) groups excluding carboxylic acids is 1. The van der Waals surface area contributed by atoms with Crippen molar-refractivity contribution in [3.05, 3.63) is 53.6 Å². The molecule has 1 heterocycles. The van der Waals surface area contributed by atoms with E-state index in [1.807, 2.05) is 24.1 Å². The van der Waals surface area contributed by atoms with E-state index in [1.165, 1.54) is 29.7 Å². The molecule has 1 fully saturated rings. The summed E-state index contributed by atoms with van der Waals surface area (Å²) in [5.74, 6) is 1.32. The Balaban J connectivity index is 1.27. The van der Waals surface area contributed by atoms with E-state index in [4.69, 9.17) is 0 Å². The second-order valence-electron chi connectivity index (χ2n) is 7.34. The summed E-state index contributed by atoms with van der Waals surface area (Å²) in [6, 6.07) is 8.76. The third-order valence-corrected chi connectivity index (χ3v) is 5.69. The van der Waals surface area contributed by atoms with Gasteiger partial charge in [0.2, 0.25) is 5.91 Å². The molecule has 2 aromatic rings. The Bertz CT molecular complexity index is 709. The largest absolute Gasteiger partial charge is 0.356 e. The minimum Gasteiger partial charge on any atom is -0.356 e. The number of aryl methyl sites for hydroxylation is 3. The third kappa shape index (κ3) is 3.10. The van der Waals surface area contributed by atoms with Crippen LogP contribution in [0.25, 0.3) is 0 Å². The summed E-state index contributed by atoms with van der Waals surface area (Å²) in [7, 11) is 2.00. The summed E-state index contributed by atoms with van der Waals surface area (Å²) in [6.07, 6.45) is 9.28. The lowest BCUT2D eigenvalue weighted by Gasteiger charge is -2.15. The number of fused-ring (bicyclic) bond motifs is 1. The summed E-state index contributed by atoms with van der Waals surface area (Å²) in [5.41, 5.74) is 4.16. The molecule has 1 saturated carbocycles. The van der Waals surface area contributed by atoms with E-state index >= 15 is 0 Å². The molecule has 0 radical (unpaired) electrons. The first-order valence-electron chi connectivity index (χ1n) is 9.03. The first-order chi connectivity index (χ1) is 11.7. The highest BCUT2D eigenvalue weighted by Gasteiger charge is 2.45. The third-order valence-electron chi connectivity index (χ3n) is 5.69. The summed E-state index contributed by atoms with van der Waals surface area (Å²) >= 11 is 0. The molecule has 0 saturated heterocycles. The van der Waals surface area contributed by atoms with E-state index in [2.05, 4.69) is 34.6 Å². The Morgan fingerprint density at radius 1 is 1.25 bits per heavy atom. The number of amides is 1. The molecule has 1 N–H and O–H groups in total. The van der Waals surface area contributed by atoms with Gasteiger partial charge in [-0.1, -0.05) is 24.3 Å². The van der Waals surface area contributed by atoms with Crippen molar-refractivity contribution in [2.75, 3.05) is 6.54 Å². The maximum atomic E-state index is 12.4. The van der Waals surface area contributed by atoms with Crippen LogP contribution in [-0.4, -0.2) is 22.0 Å². The average molecular weight is 323 g/mol. The number of carbonyl (C=O) groups is 1. The average Bonchev–Trinajstić information content (AvgIpc) is 3.32. The summed E-state index contributed by atoms with van der Waals surface area (Å²) < 4.78 is 2.03. The fourth-order valence-corrected chi connectivity index (χ4v) is 4.03. The molecule has 126 valence electrons. The van der Waals surface area contributed by atoms with Crippen LogP contribution in [-0.2, 0) is 24.7 Å². The van der Waals surface area contributed by atoms with Gasteiger partial charge in [0.1, 0.15) is 0 Å². The van der Waals surface area contributed by atoms with Crippen molar-refractivity contribution < 1.29 is 4.79 Å². The molecule has 0 spiro atoms. The monoisotopic (exact) mass is 323 g/mol. The highest BCUT2D eigenvalue weighted by molar-refractivity contribution is 5.82. The van der Waals surface area contributed by atoms with Crippen LogP contribution in [0, 0.1) is 11.8 Å². The SMILES string of the molecule is Cn1cncc1[C@@H]1C[C@H]1C(=O)NCC1CCc2ccccc2CC1. The van der Waals surface area contributed by atoms with Gasteiger partial charge in [0, 0.05) is 37.3 Å². The van der Waals surface area contributed by atoms with Gasteiger partial charge in [0.15, 0.2) is 0 Å². The standard InChI is InChI=1S/C20H25N3O/c1-23-13-21-12-19(23)17-10-18(17)20(24)22-11-14-6-8-15-4-2-3-5-16(15)9-7-14/h2-5,12-14,17-18H,6-11H2,1H3,(H,22,24)/t17-,18-/m1/s1. The zero-order valence-electron chi connectivity index (χ0n) is 14.2. The smallest absolute Gasteiger partial charge is 0.223 e. The summed E-state index contributed by atoms with van der Waals surface area (Å²) in [5, 5.41) is 3.21. The lowest BCUT2D eigenvalue weighted by molar-refractivity contribution is -0.122. The van der Waals surface area contributed by atoms with Crippen LogP contribution in [0.1, 0.15) is 42.0 Å². The van der Waals surface area contributed by atoms with Gasteiger partial charge in [-0.3, -0.25) is 4.79 Å². The van der Waals surface area contributed by atoms with Gasteiger partial charge in [0.25, 0.3) is 0 Å². The van der Waals surface area contributed by atoms with Crippen LogP contribution in [0.5, 0.6) is 0 Å². The van der Waals surface area contributed by atoms with Crippen molar-refractivity contribution in [3.8, 4) is 0 Å². The molecule has 1 aromatic heterocycles. The lowest BCUT2D eigenvalue weighted by atomic mass is 9.99. The van der Waals surface area contributed by atoms with Crippen molar-refractivity contribution in [3.63, 3.8) is 0 Å². The highest BCUT2D eigenvalue weighted by atomic mass is 16.2. The number of aromatic nitrogens is 2. The molecule has 4 nitrogen and oxygen atoms in total. The molecule has 4 rings (SSSR count). The Morgan fingerprint density at radius 2 is 1.96 bits per heavy atom. The van der Waals surface area contributed by atoms with Crippen LogP contribution in [0.15, 0.2) is 36.8 Å². The van der Waals surface area contributed by atoms with Gasteiger partial charge in [-0.25, -0.2) is 4.98 Å². The number of hydrogen-bond acceptors (Lipinski definition) is 2. The number of rotatable bonds is 4. The van der Waals surface area contributed by atoms with Crippen LogP contribution in [0.3, 0.4) is 0 Å². The maximum absolute atomic E-state index is 12.4. The van der Waals surface area contributed by atoms with Gasteiger partial charge in [-0.15, -0.1) is 0 Å². The predicted molar refractivity (Wildman–Crippen MR) is 93.6 cm³/mol. The predicted octanol–water partition coefficient (Wildman–Crippen LogP) is 2.84.